The third-order valence-electron chi connectivity index (χ3n) is 3.89. The van der Waals surface area contributed by atoms with E-state index in [0.717, 1.165) is 47.0 Å². The summed E-state index contributed by atoms with van der Waals surface area (Å²) >= 11 is 10.1. The van der Waals surface area contributed by atoms with Gasteiger partial charge in [-0.1, -0.05) is 11.6 Å². The predicted molar refractivity (Wildman–Crippen MR) is 85.1 cm³/mol. The summed E-state index contributed by atoms with van der Waals surface area (Å²) in [7, 11) is 0. The first-order valence-electron chi connectivity index (χ1n) is 7.00. The monoisotopic (exact) mass is 326 g/mol. The first-order valence-corrected chi connectivity index (χ1v) is 9.35. The summed E-state index contributed by atoms with van der Waals surface area (Å²) in [5.74, 6) is 2.74. The van der Waals surface area contributed by atoms with Crippen molar-refractivity contribution in [2.75, 3.05) is 18.1 Å². The van der Waals surface area contributed by atoms with Crippen LogP contribution in [0.5, 0.6) is 0 Å². The fourth-order valence-electron chi connectivity index (χ4n) is 2.91. The van der Waals surface area contributed by atoms with E-state index in [1.54, 1.807) is 11.3 Å². The Bertz CT molecular complexity index is 652. The zero-order chi connectivity index (χ0) is 13.5. The first-order chi connectivity index (χ1) is 9.83. The standard InChI is InChI=1S/C14H15ClN2OS2/c15-12-11-8-3-1-2-4-10(8)20-14(11)17-13(16-12)9-7-19-6-5-18-9/h9H,1-7H2. The fourth-order valence-corrected chi connectivity index (χ4v) is 5.36. The molecule has 106 valence electrons. The van der Waals surface area contributed by atoms with Gasteiger partial charge in [-0.15, -0.1) is 11.3 Å². The highest BCUT2D eigenvalue weighted by Gasteiger charge is 2.24. The lowest BCUT2D eigenvalue weighted by Crippen LogP contribution is -2.18. The van der Waals surface area contributed by atoms with Crippen LogP contribution < -0.4 is 0 Å². The summed E-state index contributed by atoms with van der Waals surface area (Å²) < 4.78 is 5.77. The van der Waals surface area contributed by atoms with Gasteiger partial charge >= 0.3 is 0 Å². The Morgan fingerprint density at radius 3 is 2.95 bits per heavy atom. The van der Waals surface area contributed by atoms with Gasteiger partial charge in [0.1, 0.15) is 16.1 Å². The molecule has 0 aromatic carbocycles. The maximum Gasteiger partial charge on any atom is 0.161 e. The number of thioether (sulfide) groups is 1. The number of aromatic nitrogens is 2. The number of halogens is 1. The third-order valence-corrected chi connectivity index (χ3v) is 6.34. The topological polar surface area (TPSA) is 35.0 Å². The Kier molecular flexibility index (Phi) is 3.62. The van der Waals surface area contributed by atoms with E-state index < -0.39 is 0 Å². The Morgan fingerprint density at radius 2 is 2.10 bits per heavy atom. The zero-order valence-electron chi connectivity index (χ0n) is 11.0. The maximum atomic E-state index is 6.45. The molecule has 1 unspecified atom stereocenters. The van der Waals surface area contributed by atoms with Gasteiger partial charge in [-0.25, -0.2) is 9.97 Å². The van der Waals surface area contributed by atoms with Crippen molar-refractivity contribution in [3.63, 3.8) is 0 Å². The van der Waals surface area contributed by atoms with Crippen LogP contribution in [-0.2, 0) is 17.6 Å². The van der Waals surface area contributed by atoms with Crippen molar-refractivity contribution in [3.05, 3.63) is 21.4 Å². The van der Waals surface area contributed by atoms with E-state index in [1.165, 1.54) is 23.3 Å². The minimum atomic E-state index is -0.00484. The lowest BCUT2D eigenvalue weighted by atomic mass is 9.97. The van der Waals surface area contributed by atoms with Crippen LogP contribution in [0.3, 0.4) is 0 Å². The number of fused-ring (bicyclic) bond motifs is 3. The highest BCUT2D eigenvalue weighted by molar-refractivity contribution is 7.99. The van der Waals surface area contributed by atoms with Crippen molar-refractivity contribution < 1.29 is 4.74 Å². The second-order valence-electron chi connectivity index (χ2n) is 5.20. The van der Waals surface area contributed by atoms with Crippen LogP contribution in [-0.4, -0.2) is 28.1 Å². The van der Waals surface area contributed by atoms with E-state index in [1.807, 2.05) is 11.8 Å². The van der Waals surface area contributed by atoms with Crippen molar-refractivity contribution in [1.29, 1.82) is 0 Å². The summed E-state index contributed by atoms with van der Waals surface area (Å²) in [5, 5.41) is 1.71. The highest BCUT2D eigenvalue weighted by Crippen LogP contribution is 2.39. The summed E-state index contributed by atoms with van der Waals surface area (Å²) in [6.45, 7) is 0.773. The zero-order valence-corrected chi connectivity index (χ0v) is 13.4. The van der Waals surface area contributed by atoms with E-state index in [9.17, 15) is 0 Å². The smallest absolute Gasteiger partial charge is 0.161 e. The molecule has 0 saturated carbocycles. The number of rotatable bonds is 1. The molecule has 1 atom stereocenters. The summed E-state index contributed by atoms with van der Waals surface area (Å²) in [6.07, 6.45) is 4.81. The van der Waals surface area contributed by atoms with Crippen LogP contribution in [0.25, 0.3) is 10.2 Å². The minimum Gasteiger partial charge on any atom is -0.368 e. The van der Waals surface area contributed by atoms with Crippen molar-refractivity contribution in [3.8, 4) is 0 Å². The normalized spacial score (nSPS) is 22.9. The minimum absolute atomic E-state index is 0.00484. The van der Waals surface area contributed by atoms with Gasteiger partial charge < -0.3 is 4.74 Å². The number of hydrogen-bond acceptors (Lipinski definition) is 5. The molecular formula is C14H15ClN2OS2. The Balaban J connectivity index is 1.81. The quantitative estimate of drug-likeness (QED) is 0.741. The van der Waals surface area contributed by atoms with Gasteiger partial charge in [0.2, 0.25) is 0 Å². The van der Waals surface area contributed by atoms with Crippen molar-refractivity contribution in [2.24, 2.45) is 0 Å². The summed E-state index contributed by atoms with van der Waals surface area (Å²) in [5.41, 5.74) is 1.40. The number of nitrogens with zero attached hydrogens (tertiary/aromatic N) is 2. The average molecular weight is 327 g/mol. The number of thiophene rings is 1. The van der Waals surface area contributed by atoms with Gasteiger partial charge in [0.05, 0.1) is 12.0 Å². The van der Waals surface area contributed by atoms with Crippen molar-refractivity contribution >= 4 is 44.9 Å². The van der Waals surface area contributed by atoms with Crippen molar-refractivity contribution in [1.82, 2.24) is 9.97 Å². The lowest BCUT2D eigenvalue weighted by Gasteiger charge is -2.21. The van der Waals surface area contributed by atoms with Gasteiger partial charge in [0.25, 0.3) is 0 Å². The van der Waals surface area contributed by atoms with Crippen LogP contribution in [0.1, 0.15) is 35.2 Å². The molecule has 2 aliphatic rings. The second kappa shape index (κ2) is 5.44. The first kappa shape index (κ1) is 13.3. The van der Waals surface area contributed by atoms with Crippen molar-refractivity contribution in [2.45, 2.75) is 31.8 Å². The van der Waals surface area contributed by atoms with Crippen LogP contribution in [0.15, 0.2) is 0 Å². The van der Waals surface area contributed by atoms with Gasteiger partial charge in [0, 0.05) is 16.4 Å². The molecule has 0 bridgehead atoms. The summed E-state index contributed by atoms with van der Waals surface area (Å²) in [4.78, 5) is 11.8. The third kappa shape index (κ3) is 2.25. The van der Waals surface area contributed by atoms with E-state index in [2.05, 4.69) is 4.98 Å². The number of ether oxygens (including phenoxy) is 1. The average Bonchev–Trinajstić information content (AvgIpc) is 2.87. The van der Waals surface area contributed by atoms with Crippen LogP contribution >= 0.6 is 34.7 Å². The molecule has 1 aliphatic carbocycles. The second-order valence-corrected chi connectivity index (χ2v) is 7.79. The SMILES string of the molecule is Clc1nc(C2CSCCO2)nc2sc3c(c12)CCCC3. The molecule has 1 saturated heterocycles. The molecule has 6 heteroatoms. The van der Waals surface area contributed by atoms with Gasteiger partial charge in [-0.2, -0.15) is 11.8 Å². The largest absolute Gasteiger partial charge is 0.368 e. The number of aryl methyl sites for hydroxylation is 2. The van der Waals surface area contributed by atoms with E-state index in [-0.39, 0.29) is 6.10 Å². The Labute approximate surface area is 131 Å². The Morgan fingerprint density at radius 1 is 1.20 bits per heavy atom. The Hall–Kier alpha value is -0.360. The fraction of sp³-hybridized carbons (Fsp3) is 0.571. The predicted octanol–water partition coefficient (Wildman–Crippen LogP) is 4.03. The van der Waals surface area contributed by atoms with Crippen LogP contribution in [0.2, 0.25) is 5.15 Å². The molecule has 3 nitrogen and oxygen atoms in total. The van der Waals surface area contributed by atoms with E-state index in [0.29, 0.717) is 5.15 Å². The van der Waals surface area contributed by atoms with Crippen LogP contribution in [0.4, 0.5) is 0 Å². The molecule has 1 fully saturated rings. The van der Waals surface area contributed by atoms with Crippen LogP contribution in [0, 0.1) is 0 Å². The molecule has 4 rings (SSSR count). The molecule has 3 heterocycles. The molecule has 0 radical (unpaired) electrons. The molecule has 1 aliphatic heterocycles. The van der Waals surface area contributed by atoms with Gasteiger partial charge in [-0.3, -0.25) is 0 Å². The molecule has 2 aromatic rings. The lowest BCUT2D eigenvalue weighted by molar-refractivity contribution is 0.0697. The van der Waals surface area contributed by atoms with Gasteiger partial charge in [-0.05, 0) is 31.2 Å². The molecule has 2 aromatic heterocycles. The molecule has 0 spiro atoms. The summed E-state index contributed by atoms with van der Waals surface area (Å²) in [6, 6.07) is 0. The number of hydrogen-bond donors (Lipinski definition) is 0. The van der Waals surface area contributed by atoms with E-state index >= 15 is 0 Å². The molecule has 20 heavy (non-hydrogen) atoms. The highest BCUT2D eigenvalue weighted by atomic mass is 35.5. The molecule has 0 amide bonds. The van der Waals surface area contributed by atoms with E-state index in [4.69, 9.17) is 21.3 Å². The van der Waals surface area contributed by atoms with Gasteiger partial charge in [0.15, 0.2) is 5.82 Å². The maximum absolute atomic E-state index is 6.45. The molecular weight excluding hydrogens is 312 g/mol. The molecule has 0 N–H and O–H groups in total.